The minimum absolute atomic E-state index is 0.257. The molecule has 4 nitrogen and oxygen atoms in total. The molecule has 0 bridgehead atoms. The van der Waals surface area contributed by atoms with Crippen molar-refractivity contribution in [2.45, 2.75) is 26.3 Å². The number of nitrogens with one attached hydrogen (secondary N) is 2. The van der Waals surface area contributed by atoms with Gasteiger partial charge in [0.1, 0.15) is 0 Å². The molecule has 4 N–H and O–H groups in total. The van der Waals surface area contributed by atoms with Gasteiger partial charge in [-0.2, -0.15) is 0 Å². The van der Waals surface area contributed by atoms with Crippen molar-refractivity contribution < 1.29 is 4.79 Å². The number of hydrogen-bond donors (Lipinski definition) is 3. The first-order valence-electron chi connectivity index (χ1n) is 7.05. The Balaban J connectivity index is 1.94. The quantitative estimate of drug-likeness (QED) is 0.796. The van der Waals surface area contributed by atoms with Gasteiger partial charge >= 0.3 is 6.03 Å². The van der Waals surface area contributed by atoms with Gasteiger partial charge in [0.15, 0.2) is 0 Å². The molecule has 0 aliphatic rings. The highest BCUT2D eigenvalue weighted by Crippen LogP contribution is 2.17. The monoisotopic (exact) mass is 283 g/mol. The van der Waals surface area contributed by atoms with Crippen molar-refractivity contribution in [2.75, 3.05) is 10.6 Å². The second kappa shape index (κ2) is 6.90. The number of carbonyl (C=O) groups excluding carboxylic acids is 1. The molecule has 0 aliphatic heterocycles. The zero-order chi connectivity index (χ0) is 15.2. The summed E-state index contributed by atoms with van der Waals surface area (Å²) in [6, 6.07) is 15.1. The molecule has 0 aliphatic carbocycles. The molecule has 0 radical (unpaired) electrons. The van der Waals surface area contributed by atoms with Crippen LogP contribution in [0, 0.1) is 0 Å². The van der Waals surface area contributed by atoms with E-state index in [4.69, 9.17) is 5.73 Å². The number of amides is 2. The maximum absolute atomic E-state index is 11.9. The molecule has 0 atom stereocenters. The van der Waals surface area contributed by atoms with Gasteiger partial charge in [0.25, 0.3) is 0 Å². The summed E-state index contributed by atoms with van der Waals surface area (Å²) < 4.78 is 0. The van der Waals surface area contributed by atoms with E-state index in [1.807, 2.05) is 48.5 Å². The molecule has 21 heavy (non-hydrogen) atoms. The van der Waals surface area contributed by atoms with Crippen molar-refractivity contribution in [1.82, 2.24) is 0 Å². The van der Waals surface area contributed by atoms with Crippen molar-refractivity contribution >= 4 is 17.4 Å². The van der Waals surface area contributed by atoms with Crippen LogP contribution in [0.2, 0.25) is 0 Å². The topological polar surface area (TPSA) is 67.2 Å². The van der Waals surface area contributed by atoms with Crippen LogP contribution in [0.25, 0.3) is 0 Å². The molecule has 0 saturated heterocycles. The Bertz CT molecular complexity index is 588. The highest BCUT2D eigenvalue weighted by molar-refractivity contribution is 5.99. The summed E-state index contributed by atoms with van der Waals surface area (Å²) in [4.78, 5) is 11.9. The molecule has 0 aromatic heterocycles. The van der Waals surface area contributed by atoms with Gasteiger partial charge in [-0.3, -0.25) is 0 Å². The van der Waals surface area contributed by atoms with Crippen molar-refractivity contribution in [3.05, 3.63) is 59.7 Å². The van der Waals surface area contributed by atoms with Crippen LogP contribution < -0.4 is 16.4 Å². The van der Waals surface area contributed by atoms with Crippen molar-refractivity contribution in [1.29, 1.82) is 0 Å². The van der Waals surface area contributed by atoms with E-state index in [0.29, 0.717) is 12.5 Å². The van der Waals surface area contributed by atoms with Crippen LogP contribution in [0.1, 0.15) is 30.9 Å². The van der Waals surface area contributed by atoms with Gasteiger partial charge in [-0.15, -0.1) is 0 Å². The highest BCUT2D eigenvalue weighted by Gasteiger charge is 2.04. The summed E-state index contributed by atoms with van der Waals surface area (Å²) in [5, 5.41) is 5.60. The first-order valence-corrected chi connectivity index (χ1v) is 7.05. The van der Waals surface area contributed by atoms with E-state index >= 15 is 0 Å². The Morgan fingerprint density at radius 2 is 1.43 bits per heavy atom. The molecule has 2 rings (SSSR count). The molecular formula is C17H21N3O. The average molecular weight is 283 g/mol. The van der Waals surface area contributed by atoms with Gasteiger partial charge in [-0.1, -0.05) is 38.1 Å². The predicted molar refractivity (Wildman–Crippen MR) is 87.5 cm³/mol. The largest absolute Gasteiger partial charge is 0.326 e. The lowest BCUT2D eigenvalue weighted by atomic mass is 10.0. The van der Waals surface area contributed by atoms with Crippen LogP contribution in [0.4, 0.5) is 16.2 Å². The van der Waals surface area contributed by atoms with E-state index < -0.39 is 0 Å². The van der Waals surface area contributed by atoms with E-state index in [2.05, 4.69) is 24.5 Å². The van der Waals surface area contributed by atoms with Crippen molar-refractivity contribution in [2.24, 2.45) is 5.73 Å². The van der Waals surface area contributed by atoms with Crippen LogP contribution in [0.5, 0.6) is 0 Å². The third kappa shape index (κ3) is 4.33. The number of hydrogen-bond acceptors (Lipinski definition) is 2. The normalized spacial score (nSPS) is 10.5. The number of nitrogens with two attached hydrogens (primary N) is 1. The van der Waals surface area contributed by atoms with Gasteiger partial charge < -0.3 is 16.4 Å². The standard InChI is InChI=1S/C17H21N3O/c1-12(2)14-5-9-16(10-6-14)20-17(21)19-15-7-3-13(11-18)4-8-15/h3-10,12H,11,18H2,1-2H3,(H2,19,20,21). The Labute approximate surface area is 125 Å². The van der Waals surface area contributed by atoms with Crippen LogP contribution in [0.3, 0.4) is 0 Å². The van der Waals surface area contributed by atoms with Crippen LogP contribution in [0.15, 0.2) is 48.5 Å². The fourth-order valence-electron chi connectivity index (χ4n) is 1.97. The Hall–Kier alpha value is -2.33. The van der Waals surface area contributed by atoms with Gasteiger partial charge in [-0.05, 0) is 41.3 Å². The second-order valence-electron chi connectivity index (χ2n) is 5.26. The number of anilines is 2. The number of urea groups is 1. The molecule has 0 heterocycles. The number of rotatable bonds is 4. The lowest BCUT2D eigenvalue weighted by Crippen LogP contribution is -2.19. The fourth-order valence-corrected chi connectivity index (χ4v) is 1.97. The first-order chi connectivity index (χ1) is 10.1. The molecule has 4 heteroatoms. The molecule has 0 spiro atoms. The SMILES string of the molecule is CC(C)c1ccc(NC(=O)Nc2ccc(CN)cc2)cc1. The maximum atomic E-state index is 11.9. The lowest BCUT2D eigenvalue weighted by Gasteiger charge is -2.10. The summed E-state index contributed by atoms with van der Waals surface area (Å²) in [6.45, 7) is 4.77. The molecular weight excluding hydrogens is 262 g/mol. The molecule has 0 fully saturated rings. The van der Waals surface area contributed by atoms with Crippen LogP contribution in [-0.2, 0) is 6.54 Å². The highest BCUT2D eigenvalue weighted by atomic mass is 16.2. The molecule has 2 aromatic rings. The Kier molecular flexibility index (Phi) is 4.95. The van der Waals surface area contributed by atoms with E-state index in [-0.39, 0.29) is 6.03 Å². The van der Waals surface area contributed by atoms with Gasteiger partial charge in [0, 0.05) is 17.9 Å². The van der Waals surface area contributed by atoms with E-state index in [1.165, 1.54) is 5.56 Å². The minimum Gasteiger partial charge on any atom is -0.326 e. The third-order valence-electron chi connectivity index (χ3n) is 3.28. The fraction of sp³-hybridized carbons (Fsp3) is 0.235. The van der Waals surface area contributed by atoms with Crippen LogP contribution in [-0.4, -0.2) is 6.03 Å². The lowest BCUT2D eigenvalue weighted by molar-refractivity contribution is 0.262. The zero-order valence-corrected chi connectivity index (χ0v) is 12.4. The average Bonchev–Trinajstić information content (AvgIpc) is 2.48. The van der Waals surface area contributed by atoms with Crippen molar-refractivity contribution in [3.63, 3.8) is 0 Å². The molecule has 110 valence electrons. The Morgan fingerprint density at radius 1 is 0.952 bits per heavy atom. The molecule has 0 unspecified atom stereocenters. The van der Waals surface area contributed by atoms with Gasteiger partial charge in [-0.25, -0.2) is 4.79 Å². The van der Waals surface area contributed by atoms with E-state index in [0.717, 1.165) is 16.9 Å². The number of benzene rings is 2. The summed E-state index contributed by atoms with van der Waals surface area (Å²) in [5.41, 5.74) is 9.33. The Morgan fingerprint density at radius 3 is 1.86 bits per heavy atom. The zero-order valence-electron chi connectivity index (χ0n) is 12.4. The second-order valence-corrected chi connectivity index (χ2v) is 5.26. The summed E-state index contributed by atoms with van der Waals surface area (Å²) in [5.74, 6) is 0.480. The van der Waals surface area contributed by atoms with E-state index in [1.54, 1.807) is 0 Å². The maximum Gasteiger partial charge on any atom is 0.323 e. The predicted octanol–water partition coefficient (Wildman–Crippen LogP) is 3.91. The van der Waals surface area contributed by atoms with E-state index in [9.17, 15) is 4.79 Å². The van der Waals surface area contributed by atoms with Crippen LogP contribution >= 0.6 is 0 Å². The van der Waals surface area contributed by atoms with Crippen molar-refractivity contribution in [3.8, 4) is 0 Å². The molecule has 2 aromatic carbocycles. The van der Waals surface area contributed by atoms with Gasteiger partial charge in [0.2, 0.25) is 0 Å². The molecule has 0 saturated carbocycles. The smallest absolute Gasteiger partial charge is 0.323 e. The number of carbonyl (C=O) groups is 1. The molecule has 2 amide bonds. The third-order valence-corrected chi connectivity index (χ3v) is 3.28. The summed E-state index contributed by atoms with van der Waals surface area (Å²) >= 11 is 0. The summed E-state index contributed by atoms with van der Waals surface area (Å²) in [7, 11) is 0. The first kappa shape index (κ1) is 15.1. The minimum atomic E-state index is -0.257. The van der Waals surface area contributed by atoms with Gasteiger partial charge in [0.05, 0.1) is 0 Å². The summed E-state index contributed by atoms with van der Waals surface area (Å²) in [6.07, 6.45) is 0.